The van der Waals surface area contributed by atoms with Crippen molar-refractivity contribution < 1.29 is 14.3 Å². The number of aryl methyl sites for hydroxylation is 1. The van der Waals surface area contributed by atoms with Crippen LogP contribution in [-0.2, 0) is 11.8 Å². The molecule has 1 aliphatic rings. The molecule has 1 N–H and O–H groups in total. The first-order chi connectivity index (χ1) is 12.2. The molecule has 0 bridgehead atoms. The zero-order valence-corrected chi connectivity index (χ0v) is 13.7. The predicted molar refractivity (Wildman–Crippen MR) is 95.0 cm³/mol. The monoisotopic (exact) mass is 335 g/mol. The molecule has 2 heterocycles. The van der Waals surface area contributed by atoms with Crippen molar-refractivity contribution >= 4 is 23.0 Å². The number of para-hydroxylation sites is 3. The van der Waals surface area contributed by atoms with Gasteiger partial charge < -0.3 is 14.0 Å². The van der Waals surface area contributed by atoms with Crippen LogP contribution in [0.4, 0.5) is 0 Å². The first-order valence-corrected chi connectivity index (χ1v) is 7.98. The van der Waals surface area contributed by atoms with Gasteiger partial charge in [-0.2, -0.15) is 5.10 Å². The van der Waals surface area contributed by atoms with Crippen molar-refractivity contribution in [1.29, 1.82) is 0 Å². The van der Waals surface area contributed by atoms with Gasteiger partial charge in [-0.3, -0.25) is 4.79 Å². The highest BCUT2D eigenvalue weighted by Gasteiger charge is 2.26. The van der Waals surface area contributed by atoms with Gasteiger partial charge in [-0.05, 0) is 18.2 Å². The Hall–Kier alpha value is -3.28. The van der Waals surface area contributed by atoms with Gasteiger partial charge in [0.15, 0.2) is 11.5 Å². The van der Waals surface area contributed by atoms with Crippen LogP contribution in [-0.4, -0.2) is 29.4 Å². The maximum atomic E-state index is 12.2. The van der Waals surface area contributed by atoms with Crippen LogP contribution in [0.2, 0.25) is 0 Å². The molecule has 0 spiro atoms. The Balaban J connectivity index is 1.44. The van der Waals surface area contributed by atoms with Gasteiger partial charge in [-0.25, -0.2) is 5.43 Å². The van der Waals surface area contributed by atoms with E-state index in [9.17, 15) is 4.79 Å². The van der Waals surface area contributed by atoms with Gasteiger partial charge in [-0.1, -0.05) is 30.3 Å². The standard InChI is InChI=1S/C19H17N3O3/c1-22-11-13(14-6-2-3-7-15(14)22)10-20-21-19(23)18-12-24-16-8-4-5-9-17(16)25-18/h2-11,18H,12H2,1H3,(H,21,23)/b20-10-. The number of hydrazone groups is 1. The molecule has 3 aromatic rings. The van der Waals surface area contributed by atoms with Gasteiger partial charge in [0.25, 0.3) is 5.91 Å². The summed E-state index contributed by atoms with van der Waals surface area (Å²) in [6, 6.07) is 15.3. The minimum Gasteiger partial charge on any atom is -0.485 e. The second kappa shape index (κ2) is 6.32. The molecule has 6 nitrogen and oxygen atoms in total. The Bertz CT molecular complexity index is 961. The van der Waals surface area contributed by atoms with Crippen molar-refractivity contribution in [3.8, 4) is 11.5 Å². The van der Waals surface area contributed by atoms with Crippen LogP contribution in [0.15, 0.2) is 59.8 Å². The lowest BCUT2D eigenvalue weighted by Crippen LogP contribution is -2.42. The van der Waals surface area contributed by atoms with Crippen molar-refractivity contribution in [2.75, 3.05) is 6.61 Å². The van der Waals surface area contributed by atoms with Gasteiger partial charge in [0.1, 0.15) is 6.61 Å². The summed E-state index contributed by atoms with van der Waals surface area (Å²) < 4.78 is 13.2. The van der Waals surface area contributed by atoms with E-state index < -0.39 is 6.10 Å². The number of rotatable bonds is 3. The molecule has 1 atom stereocenters. The van der Waals surface area contributed by atoms with Crippen LogP contribution in [0.5, 0.6) is 11.5 Å². The SMILES string of the molecule is Cn1cc(/C=N\NC(=O)C2COc3ccccc3O2)c2ccccc21. The molecular formula is C19H17N3O3. The quantitative estimate of drug-likeness (QED) is 0.591. The predicted octanol–water partition coefficient (Wildman–Crippen LogP) is 2.47. The Morgan fingerprint density at radius 2 is 1.96 bits per heavy atom. The maximum absolute atomic E-state index is 12.2. The Morgan fingerprint density at radius 3 is 2.84 bits per heavy atom. The summed E-state index contributed by atoms with van der Waals surface area (Å²) >= 11 is 0. The zero-order valence-electron chi connectivity index (χ0n) is 13.7. The van der Waals surface area contributed by atoms with Crippen molar-refractivity contribution in [3.05, 3.63) is 60.3 Å². The first-order valence-electron chi connectivity index (χ1n) is 7.98. The Labute approximate surface area is 144 Å². The molecule has 1 aromatic heterocycles. The van der Waals surface area contributed by atoms with E-state index >= 15 is 0 Å². The fourth-order valence-electron chi connectivity index (χ4n) is 2.86. The summed E-state index contributed by atoms with van der Waals surface area (Å²) in [5.41, 5.74) is 4.56. The molecule has 0 fully saturated rings. The Morgan fingerprint density at radius 1 is 1.20 bits per heavy atom. The first kappa shape index (κ1) is 15.3. The molecule has 1 amide bonds. The molecule has 1 aliphatic heterocycles. The molecule has 0 saturated carbocycles. The molecule has 0 aliphatic carbocycles. The van der Waals surface area contributed by atoms with Gasteiger partial charge in [0.2, 0.25) is 6.10 Å². The van der Waals surface area contributed by atoms with Gasteiger partial charge in [-0.15, -0.1) is 0 Å². The summed E-state index contributed by atoms with van der Waals surface area (Å²) in [5, 5.41) is 5.14. The highest BCUT2D eigenvalue weighted by molar-refractivity contribution is 5.99. The fraction of sp³-hybridized carbons (Fsp3) is 0.158. The summed E-state index contributed by atoms with van der Waals surface area (Å²) in [7, 11) is 1.98. The van der Waals surface area contributed by atoms with E-state index in [1.807, 2.05) is 60.3 Å². The van der Waals surface area contributed by atoms with Crippen LogP contribution in [0.3, 0.4) is 0 Å². The third kappa shape index (κ3) is 2.94. The normalized spacial score (nSPS) is 16.3. The summed E-state index contributed by atoms with van der Waals surface area (Å²) in [6.45, 7) is 0.159. The van der Waals surface area contributed by atoms with E-state index in [0.717, 1.165) is 16.5 Å². The topological polar surface area (TPSA) is 64.9 Å². The third-order valence-electron chi connectivity index (χ3n) is 4.11. The van der Waals surface area contributed by atoms with Crippen molar-refractivity contribution in [2.24, 2.45) is 12.1 Å². The average molecular weight is 335 g/mol. The number of benzene rings is 2. The zero-order chi connectivity index (χ0) is 17.2. The van der Waals surface area contributed by atoms with E-state index in [-0.39, 0.29) is 12.5 Å². The molecule has 0 saturated heterocycles. The number of nitrogens with zero attached hydrogens (tertiary/aromatic N) is 2. The second-order valence-electron chi connectivity index (χ2n) is 5.81. The van der Waals surface area contributed by atoms with Gasteiger partial charge in [0.05, 0.1) is 6.21 Å². The lowest BCUT2D eigenvalue weighted by Gasteiger charge is -2.24. The lowest BCUT2D eigenvalue weighted by molar-refractivity contribution is -0.130. The smallest absolute Gasteiger partial charge is 0.284 e. The van der Waals surface area contributed by atoms with Crippen LogP contribution < -0.4 is 14.9 Å². The van der Waals surface area contributed by atoms with Crippen molar-refractivity contribution in [1.82, 2.24) is 9.99 Å². The highest BCUT2D eigenvalue weighted by atomic mass is 16.6. The van der Waals surface area contributed by atoms with Gasteiger partial charge >= 0.3 is 0 Å². The number of aromatic nitrogens is 1. The number of carbonyl (C=O) groups is 1. The number of nitrogens with one attached hydrogen (secondary N) is 1. The number of amides is 1. The van der Waals surface area contributed by atoms with E-state index in [1.54, 1.807) is 12.3 Å². The largest absolute Gasteiger partial charge is 0.485 e. The molecule has 25 heavy (non-hydrogen) atoms. The summed E-state index contributed by atoms with van der Waals surface area (Å²) in [4.78, 5) is 12.2. The van der Waals surface area contributed by atoms with E-state index in [1.165, 1.54) is 0 Å². The maximum Gasteiger partial charge on any atom is 0.284 e. The molecule has 6 heteroatoms. The minimum atomic E-state index is -0.723. The number of hydrogen-bond acceptors (Lipinski definition) is 4. The van der Waals surface area contributed by atoms with Crippen LogP contribution in [0.1, 0.15) is 5.56 Å². The molecule has 1 unspecified atom stereocenters. The Kier molecular flexibility index (Phi) is 3.85. The number of ether oxygens (including phenoxy) is 2. The van der Waals surface area contributed by atoms with E-state index in [0.29, 0.717) is 11.5 Å². The molecule has 2 aromatic carbocycles. The van der Waals surface area contributed by atoms with Crippen LogP contribution in [0.25, 0.3) is 10.9 Å². The van der Waals surface area contributed by atoms with Crippen molar-refractivity contribution in [2.45, 2.75) is 6.10 Å². The van der Waals surface area contributed by atoms with Crippen LogP contribution >= 0.6 is 0 Å². The molecule has 4 rings (SSSR count). The average Bonchev–Trinajstić information content (AvgIpc) is 2.97. The number of hydrogen-bond donors (Lipinski definition) is 1. The third-order valence-corrected chi connectivity index (χ3v) is 4.11. The summed E-state index contributed by atoms with van der Waals surface area (Å²) in [6.07, 6.45) is 2.88. The highest BCUT2D eigenvalue weighted by Crippen LogP contribution is 2.30. The molecule has 0 radical (unpaired) electrons. The lowest BCUT2D eigenvalue weighted by atomic mass is 10.2. The second-order valence-corrected chi connectivity index (χ2v) is 5.81. The number of carbonyl (C=O) groups excluding carboxylic acids is 1. The minimum absolute atomic E-state index is 0.159. The van der Waals surface area contributed by atoms with E-state index in [4.69, 9.17) is 9.47 Å². The number of fused-ring (bicyclic) bond motifs is 2. The van der Waals surface area contributed by atoms with Crippen LogP contribution in [0, 0.1) is 0 Å². The van der Waals surface area contributed by atoms with Crippen molar-refractivity contribution in [3.63, 3.8) is 0 Å². The van der Waals surface area contributed by atoms with E-state index in [2.05, 4.69) is 10.5 Å². The summed E-state index contributed by atoms with van der Waals surface area (Å²) in [5.74, 6) is 0.865. The fourth-order valence-corrected chi connectivity index (χ4v) is 2.86. The van der Waals surface area contributed by atoms with Gasteiger partial charge in [0, 0.05) is 29.7 Å². The molecular weight excluding hydrogens is 318 g/mol. The molecule has 126 valence electrons.